The Kier molecular flexibility index (Phi) is 9.68. The molecule has 1 heterocycles. The summed E-state index contributed by atoms with van der Waals surface area (Å²) in [5.41, 5.74) is 3.73. The summed E-state index contributed by atoms with van der Waals surface area (Å²) in [5, 5.41) is 0. The van der Waals surface area contributed by atoms with E-state index in [-0.39, 0.29) is 12.4 Å². The van der Waals surface area contributed by atoms with E-state index in [0.717, 1.165) is 6.54 Å². The fourth-order valence-corrected chi connectivity index (χ4v) is 2.39. The van der Waals surface area contributed by atoms with Gasteiger partial charge in [-0.3, -0.25) is 0 Å². The number of pyridine rings is 1. The van der Waals surface area contributed by atoms with E-state index >= 15 is 0 Å². The highest BCUT2D eigenvalue weighted by Gasteiger charge is 2.02. The maximum atomic E-state index is 5.53. The fourth-order valence-electron chi connectivity index (χ4n) is 2.21. The van der Waals surface area contributed by atoms with E-state index < -0.39 is 0 Å². The quantitative estimate of drug-likeness (QED) is 0.496. The SMILES string of the molecule is CN(C)c1cc[n+](Cc2ccccc2)cc1.ClCc1ccccc1.[Cl-]. The van der Waals surface area contributed by atoms with Crippen LogP contribution in [0.3, 0.4) is 0 Å². The lowest BCUT2D eigenvalue weighted by Crippen LogP contribution is -3.00. The number of anilines is 1. The zero-order valence-electron chi connectivity index (χ0n) is 14.6. The Morgan fingerprint density at radius 2 is 1.24 bits per heavy atom. The molecule has 3 rings (SSSR count). The van der Waals surface area contributed by atoms with Gasteiger partial charge >= 0.3 is 0 Å². The first kappa shape index (κ1) is 21.0. The van der Waals surface area contributed by atoms with Gasteiger partial charge in [0.2, 0.25) is 0 Å². The van der Waals surface area contributed by atoms with E-state index in [1.165, 1.54) is 16.8 Å². The number of hydrogen-bond acceptors (Lipinski definition) is 1. The second-order valence-corrected chi connectivity index (χ2v) is 6.00. The van der Waals surface area contributed by atoms with E-state index in [1.807, 2.05) is 36.4 Å². The predicted octanol–water partition coefficient (Wildman–Crippen LogP) is 1.52. The molecule has 0 amide bonds. The van der Waals surface area contributed by atoms with Crippen LogP contribution < -0.4 is 21.9 Å². The summed E-state index contributed by atoms with van der Waals surface area (Å²) in [5.74, 6) is 0.612. The summed E-state index contributed by atoms with van der Waals surface area (Å²) in [6, 6.07) is 24.7. The van der Waals surface area contributed by atoms with Crippen LogP contribution in [0.5, 0.6) is 0 Å². The average Bonchev–Trinajstić information content (AvgIpc) is 2.64. The van der Waals surface area contributed by atoms with E-state index in [9.17, 15) is 0 Å². The predicted molar refractivity (Wildman–Crippen MR) is 103 cm³/mol. The zero-order chi connectivity index (χ0) is 17.2. The van der Waals surface area contributed by atoms with Crippen molar-refractivity contribution in [1.29, 1.82) is 0 Å². The van der Waals surface area contributed by atoms with Crippen molar-refractivity contribution in [2.24, 2.45) is 0 Å². The molecule has 0 aliphatic heterocycles. The van der Waals surface area contributed by atoms with Crippen LogP contribution >= 0.6 is 11.6 Å². The van der Waals surface area contributed by atoms with Gasteiger partial charge in [0, 0.05) is 43.4 Å². The number of nitrogens with zero attached hydrogens (tertiary/aromatic N) is 2. The Balaban J connectivity index is 0.000000295. The van der Waals surface area contributed by atoms with Crippen LogP contribution in [-0.2, 0) is 12.4 Å². The third-order valence-electron chi connectivity index (χ3n) is 3.60. The molecular formula is C21H24Cl2N2. The van der Waals surface area contributed by atoms with E-state index in [2.05, 4.69) is 72.4 Å². The molecule has 2 nitrogen and oxygen atoms in total. The molecule has 0 unspecified atom stereocenters. The van der Waals surface area contributed by atoms with Crippen LogP contribution in [-0.4, -0.2) is 14.1 Å². The summed E-state index contributed by atoms with van der Waals surface area (Å²) in [6.07, 6.45) is 4.23. The lowest BCUT2D eigenvalue weighted by Gasteiger charge is -2.10. The molecule has 1 aromatic heterocycles. The standard InChI is InChI=1S/C14H17N2.C7H7Cl.ClH/c1-15(2)14-8-10-16(11-9-14)12-13-6-4-3-5-7-13;8-6-7-4-2-1-3-5-7;/h3-11H,12H2,1-2H3;1-5H,6H2;1H/q+1;;/p-1. The van der Waals surface area contributed by atoms with Crippen LogP contribution in [0.4, 0.5) is 5.69 Å². The molecule has 0 bridgehead atoms. The monoisotopic (exact) mass is 374 g/mol. The van der Waals surface area contributed by atoms with Gasteiger partial charge in [-0.25, -0.2) is 4.57 Å². The minimum atomic E-state index is 0. The van der Waals surface area contributed by atoms with Crippen LogP contribution in [0.25, 0.3) is 0 Å². The van der Waals surface area contributed by atoms with Gasteiger partial charge < -0.3 is 17.3 Å². The molecule has 132 valence electrons. The Morgan fingerprint density at radius 3 is 1.64 bits per heavy atom. The van der Waals surface area contributed by atoms with Gasteiger partial charge in [-0.15, -0.1) is 11.6 Å². The van der Waals surface area contributed by atoms with Crippen molar-refractivity contribution in [3.8, 4) is 0 Å². The lowest BCUT2D eigenvalue weighted by atomic mass is 10.2. The van der Waals surface area contributed by atoms with Crippen LogP contribution in [0, 0.1) is 0 Å². The molecule has 0 spiro atoms. The highest BCUT2D eigenvalue weighted by molar-refractivity contribution is 6.17. The van der Waals surface area contributed by atoms with Gasteiger partial charge in [-0.05, 0) is 5.56 Å². The van der Waals surface area contributed by atoms with Crippen molar-refractivity contribution < 1.29 is 17.0 Å². The van der Waals surface area contributed by atoms with Crippen molar-refractivity contribution in [2.75, 3.05) is 19.0 Å². The Bertz CT molecular complexity index is 699. The van der Waals surface area contributed by atoms with Crippen LogP contribution in [0.1, 0.15) is 11.1 Å². The molecule has 4 heteroatoms. The molecule has 0 saturated carbocycles. The second-order valence-electron chi connectivity index (χ2n) is 5.73. The smallest absolute Gasteiger partial charge is 0.173 e. The van der Waals surface area contributed by atoms with E-state index in [0.29, 0.717) is 5.88 Å². The fraction of sp³-hybridized carbons (Fsp3) is 0.190. The van der Waals surface area contributed by atoms with Gasteiger partial charge in [0.1, 0.15) is 0 Å². The highest BCUT2D eigenvalue weighted by atomic mass is 35.5. The summed E-state index contributed by atoms with van der Waals surface area (Å²) >= 11 is 5.53. The number of halogens is 2. The minimum Gasteiger partial charge on any atom is -1.00 e. The molecule has 0 atom stereocenters. The third-order valence-corrected chi connectivity index (χ3v) is 3.90. The van der Waals surface area contributed by atoms with E-state index in [1.54, 1.807) is 0 Å². The largest absolute Gasteiger partial charge is 1.00 e. The molecular weight excluding hydrogens is 351 g/mol. The minimum absolute atomic E-state index is 0. The maximum absolute atomic E-state index is 5.53. The highest BCUT2D eigenvalue weighted by Crippen LogP contribution is 2.06. The van der Waals surface area contributed by atoms with Gasteiger partial charge in [-0.1, -0.05) is 60.7 Å². The van der Waals surface area contributed by atoms with Gasteiger partial charge in [0.05, 0.1) is 0 Å². The first-order valence-electron chi connectivity index (χ1n) is 7.99. The molecule has 0 saturated heterocycles. The normalized spacial score (nSPS) is 9.40. The summed E-state index contributed by atoms with van der Waals surface area (Å²) in [6.45, 7) is 0.925. The first-order valence-corrected chi connectivity index (χ1v) is 8.52. The van der Waals surface area contributed by atoms with Crippen molar-refractivity contribution in [3.63, 3.8) is 0 Å². The van der Waals surface area contributed by atoms with Crippen LogP contribution in [0.2, 0.25) is 0 Å². The number of rotatable bonds is 4. The number of aromatic nitrogens is 1. The van der Waals surface area contributed by atoms with Crippen LogP contribution in [0.15, 0.2) is 85.2 Å². The second kappa shape index (κ2) is 11.5. The summed E-state index contributed by atoms with van der Waals surface area (Å²) < 4.78 is 2.18. The average molecular weight is 375 g/mol. The zero-order valence-corrected chi connectivity index (χ0v) is 16.2. The number of alkyl halides is 1. The first-order chi connectivity index (χ1) is 11.7. The lowest BCUT2D eigenvalue weighted by molar-refractivity contribution is -0.688. The molecule has 0 aliphatic carbocycles. The van der Waals surface area contributed by atoms with Gasteiger partial charge in [-0.2, -0.15) is 0 Å². The van der Waals surface area contributed by atoms with Crippen molar-refractivity contribution in [1.82, 2.24) is 0 Å². The van der Waals surface area contributed by atoms with Crippen molar-refractivity contribution in [3.05, 3.63) is 96.3 Å². The van der Waals surface area contributed by atoms with Crippen molar-refractivity contribution in [2.45, 2.75) is 12.4 Å². The third kappa shape index (κ3) is 7.59. The Morgan fingerprint density at radius 1 is 0.760 bits per heavy atom. The Hall–Kier alpha value is -2.03. The van der Waals surface area contributed by atoms with Gasteiger partial charge in [0.25, 0.3) is 0 Å². The maximum Gasteiger partial charge on any atom is 0.173 e. The summed E-state index contributed by atoms with van der Waals surface area (Å²) in [4.78, 5) is 2.10. The summed E-state index contributed by atoms with van der Waals surface area (Å²) in [7, 11) is 4.10. The molecule has 3 aromatic rings. The molecule has 0 N–H and O–H groups in total. The molecule has 0 radical (unpaired) electrons. The number of hydrogen-bond donors (Lipinski definition) is 0. The topological polar surface area (TPSA) is 7.12 Å². The van der Waals surface area contributed by atoms with E-state index in [4.69, 9.17) is 11.6 Å². The van der Waals surface area contributed by atoms with Gasteiger partial charge in [0.15, 0.2) is 18.9 Å². The molecule has 0 aliphatic rings. The number of benzene rings is 2. The Labute approximate surface area is 162 Å². The molecule has 0 fully saturated rings. The van der Waals surface area contributed by atoms with Crippen molar-refractivity contribution >= 4 is 17.3 Å². The molecule has 2 aromatic carbocycles. The molecule has 25 heavy (non-hydrogen) atoms.